The van der Waals surface area contributed by atoms with Crippen molar-refractivity contribution in [2.45, 2.75) is 25.8 Å². The number of hydrogen-bond donors (Lipinski definition) is 3. The van der Waals surface area contributed by atoms with Crippen LogP contribution in [0.15, 0.2) is 29.3 Å². The van der Waals surface area contributed by atoms with Crippen molar-refractivity contribution in [1.29, 1.82) is 0 Å². The number of carbonyl (C=O) groups is 1. The molecule has 1 saturated carbocycles. The first-order valence-electron chi connectivity index (χ1n) is 9.23. The number of likely N-dealkylation sites (N-methyl/N-ethyl adjacent to an activating group) is 1. The van der Waals surface area contributed by atoms with Crippen LogP contribution in [-0.4, -0.2) is 57.0 Å². The van der Waals surface area contributed by atoms with Crippen molar-refractivity contribution in [3.8, 4) is 0 Å². The second-order valence-corrected chi connectivity index (χ2v) is 7.18. The third-order valence-corrected chi connectivity index (χ3v) is 4.56. The lowest BCUT2D eigenvalue weighted by Gasteiger charge is -2.24. The Balaban J connectivity index is 0.00000364. The molecule has 27 heavy (non-hydrogen) atoms. The average Bonchev–Trinajstić information content (AvgIpc) is 3.45. The molecule has 0 heterocycles. The van der Waals surface area contributed by atoms with E-state index in [9.17, 15) is 4.79 Å². The van der Waals surface area contributed by atoms with Gasteiger partial charge < -0.3 is 20.9 Å². The quantitative estimate of drug-likeness (QED) is 0.208. The summed E-state index contributed by atoms with van der Waals surface area (Å²) in [6.07, 6.45) is 2.06. The van der Waals surface area contributed by atoms with Gasteiger partial charge in [0.2, 0.25) is 5.91 Å². The van der Waals surface area contributed by atoms with Gasteiger partial charge in [-0.05, 0) is 51.6 Å². The zero-order chi connectivity index (χ0) is 18.9. The lowest BCUT2D eigenvalue weighted by Crippen LogP contribution is -2.42. The molecule has 6 nitrogen and oxygen atoms in total. The largest absolute Gasteiger partial charge is 0.357 e. The van der Waals surface area contributed by atoms with Crippen molar-refractivity contribution in [3.05, 3.63) is 34.9 Å². The van der Waals surface area contributed by atoms with Gasteiger partial charge in [0.15, 0.2) is 5.96 Å². The van der Waals surface area contributed by atoms with E-state index < -0.39 is 0 Å². The first-order chi connectivity index (χ1) is 12.5. The average molecular weight is 508 g/mol. The summed E-state index contributed by atoms with van der Waals surface area (Å²) in [5.41, 5.74) is 1.18. The molecule has 0 radical (unpaired) electrons. The maximum Gasteiger partial charge on any atom is 0.223 e. The Labute approximate surface area is 184 Å². The first-order valence-corrected chi connectivity index (χ1v) is 9.60. The van der Waals surface area contributed by atoms with E-state index in [4.69, 9.17) is 16.6 Å². The van der Waals surface area contributed by atoms with Gasteiger partial charge in [0.1, 0.15) is 0 Å². The van der Waals surface area contributed by atoms with Crippen molar-refractivity contribution < 1.29 is 4.79 Å². The van der Waals surface area contributed by atoms with E-state index >= 15 is 0 Å². The van der Waals surface area contributed by atoms with Gasteiger partial charge in [-0.15, -0.1) is 24.0 Å². The Bertz CT molecular complexity index is 605. The predicted octanol–water partition coefficient (Wildman–Crippen LogP) is 2.64. The molecule has 1 amide bonds. The monoisotopic (exact) mass is 507 g/mol. The molecule has 1 unspecified atom stereocenters. The minimum absolute atomic E-state index is 0. The number of guanidine groups is 1. The van der Waals surface area contributed by atoms with Gasteiger partial charge in [-0.25, -0.2) is 0 Å². The Hall–Kier alpha value is -1.06. The highest BCUT2D eigenvalue weighted by atomic mass is 127. The van der Waals surface area contributed by atoms with Gasteiger partial charge in [0.25, 0.3) is 0 Å². The molecule has 0 aliphatic heterocycles. The van der Waals surface area contributed by atoms with Crippen molar-refractivity contribution >= 4 is 47.4 Å². The zero-order valence-electron chi connectivity index (χ0n) is 16.3. The van der Waals surface area contributed by atoms with E-state index in [1.54, 1.807) is 0 Å². The van der Waals surface area contributed by atoms with Crippen LogP contribution in [0.3, 0.4) is 0 Å². The number of carbonyl (C=O) groups excluding carboxylic acids is 1. The van der Waals surface area contributed by atoms with Crippen LogP contribution in [0.2, 0.25) is 5.02 Å². The summed E-state index contributed by atoms with van der Waals surface area (Å²) in [6, 6.07) is 8.05. The molecule has 152 valence electrons. The van der Waals surface area contributed by atoms with Crippen molar-refractivity contribution in [1.82, 2.24) is 20.9 Å². The highest BCUT2D eigenvalue weighted by Crippen LogP contribution is 2.28. The van der Waals surface area contributed by atoms with Crippen molar-refractivity contribution in [2.24, 2.45) is 10.9 Å². The second-order valence-electron chi connectivity index (χ2n) is 6.74. The molecule has 1 aliphatic rings. The number of nitrogens with zero attached hydrogens (tertiary/aromatic N) is 2. The fourth-order valence-electron chi connectivity index (χ4n) is 2.63. The predicted molar refractivity (Wildman–Crippen MR) is 123 cm³/mol. The lowest BCUT2D eigenvalue weighted by atomic mass is 10.1. The van der Waals surface area contributed by atoms with E-state index in [-0.39, 0.29) is 41.8 Å². The normalized spacial score (nSPS) is 15.1. The maximum atomic E-state index is 11.6. The van der Waals surface area contributed by atoms with E-state index in [2.05, 4.69) is 20.9 Å². The van der Waals surface area contributed by atoms with Crippen molar-refractivity contribution in [3.63, 3.8) is 0 Å². The SMILES string of the molecule is CCNC(=NCC(c1ccc(Cl)cc1)N(C)C)NCCNC(=O)C1CC1.I. The van der Waals surface area contributed by atoms with Gasteiger partial charge in [0.05, 0.1) is 12.6 Å². The number of halogens is 2. The summed E-state index contributed by atoms with van der Waals surface area (Å²) in [7, 11) is 4.09. The summed E-state index contributed by atoms with van der Waals surface area (Å²) in [5, 5.41) is 10.2. The Morgan fingerprint density at radius 3 is 2.37 bits per heavy atom. The van der Waals surface area contributed by atoms with Gasteiger partial charge in [-0.2, -0.15) is 0 Å². The number of amides is 1. The Morgan fingerprint density at radius 1 is 1.19 bits per heavy atom. The third kappa shape index (κ3) is 8.66. The van der Waals surface area contributed by atoms with Gasteiger partial charge in [-0.1, -0.05) is 23.7 Å². The van der Waals surface area contributed by atoms with Gasteiger partial charge in [-0.3, -0.25) is 9.79 Å². The van der Waals surface area contributed by atoms with Crippen LogP contribution < -0.4 is 16.0 Å². The Kier molecular flexibility index (Phi) is 11.0. The summed E-state index contributed by atoms with van der Waals surface area (Å²) in [4.78, 5) is 18.5. The van der Waals surface area contributed by atoms with E-state index in [1.807, 2.05) is 45.3 Å². The molecule has 2 rings (SSSR count). The van der Waals surface area contributed by atoms with Crippen LogP contribution >= 0.6 is 35.6 Å². The number of aliphatic imine (C=N–C) groups is 1. The molecule has 1 aromatic carbocycles. The van der Waals surface area contributed by atoms with Crippen LogP contribution in [-0.2, 0) is 4.79 Å². The van der Waals surface area contributed by atoms with Gasteiger partial charge >= 0.3 is 0 Å². The van der Waals surface area contributed by atoms with Gasteiger partial charge in [0, 0.05) is 30.6 Å². The number of benzene rings is 1. The number of hydrogen-bond acceptors (Lipinski definition) is 3. The molecule has 0 bridgehead atoms. The maximum absolute atomic E-state index is 11.6. The molecule has 1 aromatic rings. The molecule has 0 aromatic heterocycles. The van der Waals surface area contributed by atoms with Crippen LogP contribution in [0, 0.1) is 5.92 Å². The summed E-state index contributed by atoms with van der Waals surface area (Å²) >= 11 is 5.99. The standard InChI is InChI=1S/C19H30ClN5O.HI/c1-4-21-19(23-12-11-22-18(26)15-5-6-15)24-13-17(25(2)3)14-7-9-16(20)10-8-14;/h7-10,15,17H,4-6,11-13H2,1-3H3,(H,22,26)(H2,21,23,24);1H. The molecule has 8 heteroatoms. The minimum atomic E-state index is 0. The molecule has 1 atom stereocenters. The van der Waals surface area contributed by atoms with Crippen LogP contribution in [0.25, 0.3) is 0 Å². The molecular formula is C19H31ClIN5O. The van der Waals surface area contributed by atoms with E-state index in [0.717, 1.165) is 30.4 Å². The second kappa shape index (κ2) is 12.4. The molecule has 3 N–H and O–H groups in total. The number of rotatable bonds is 9. The number of nitrogens with one attached hydrogen (secondary N) is 3. The highest BCUT2D eigenvalue weighted by Gasteiger charge is 2.28. The fraction of sp³-hybridized carbons (Fsp3) is 0.579. The molecule has 0 spiro atoms. The van der Waals surface area contributed by atoms with Crippen molar-refractivity contribution in [2.75, 3.05) is 40.3 Å². The Morgan fingerprint density at radius 2 is 1.81 bits per heavy atom. The van der Waals surface area contributed by atoms with Crippen LogP contribution in [0.1, 0.15) is 31.4 Å². The molecule has 1 aliphatic carbocycles. The van der Waals surface area contributed by atoms with E-state index in [0.29, 0.717) is 19.6 Å². The summed E-state index contributed by atoms with van der Waals surface area (Å²) < 4.78 is 0. The van der Waals surface area contributed by atoms with Crippen LogP contribution in [0.5, 0.6) is 0 Å². The van der Waals surface area contributed by atoms with Crippen LogP contribution in [0.4, 0.5) is 0 Å². The molecule has 1 fully saturated rings. The highest BCUT2D eigenvalue weighted by molar-refractivity contribution is 14.0. The minimum Gasteiger partial charge on any atom is -0.357 e. The smallest absolute Gasteiger partial charge is 0.223 e. The molecule has 0 saturated heterocycles. The summed E-state index contributed by atoms with van der Waals surface area (Å²) in [5.74, 6) is 1.18. The zero-order valence-corrected chi connectivity index (χ0v) is 19.4. The summed E-state index contributed by atoms with van der Waals surface area (Å²) in [6.45, 7) is 4.70. The first kappa shape index (κ1) is 24.0. The third-order valence-electron chi connectivity index (χ3n) is 4.31. The fourth-order valence-corrected chi connectivity index (χ4v) is 2.75. The van der Waals surface area contributed by atoms with E-state index in [1.165, 1.54) is 5.56 Å². The topological polar surface area (TPSA) is 68.8 Å². The molecular weight excluding hydrogens is 477 g/mol. The lowest BCUT2D eigenvalue weighted by molar-refractivity contribution is -0.122.